The second kappa shape index (κ2) is 7.01. The maximum atomic E-state index is 12.5. The Labute approximate surface area is 149 Å². The summed E-state index contributed by atoms with van der Waals surface area (Å²) >= 11 is 3.54. The lowest BCUT2D eigenvalue weighted by molar-refractivity contribution is 0.102. The normalized spacial score (nSPS) is 10.6. The van der Waals surface area contributed by atoms with E-state index < -0.39 is 0 Å². The molecular weight excluding hydrogens is 366 g/mol. The van der Waals surface area contributed by atoms with Crippen LogP contribution in [-0.4, -0.2) is 15.7 Å². The molecule has 0 saturated carbocycles. The van der Waals surface area contributed by atoms with E-state index in [1.165, 1.54) is 5.56 Å². The van der Waals surface area contributed by atoms with Gasteiger partial charge in [0.2, 0.25) is 0 Å². The number of nitrogens with one attached hydrogen (secondary N) is 1. The lowest BCUT2D eigenvalue weighted by Crippen LogP contribution is -2.16. The van der Waals surface area contributed by atoms with Gasteiger partial charge < -0.3 is 5.32 Å². The van der Waals surface area contributed by atoms with Gasteiger partial charge in [0.1, 0.15) is 5.82 Å². The summed E-state index contributed by atoms with van der Waals surface area (Å²) in [6.07, 6.45) is 1.69. The Bertz CT molecular complexity index is 886. The van der Waals surface area contributed by atoms with Crippen LogP contribution in [-0.2, 0) is 6.54 Å². The second-order valence-electron chi connectivity index (χ2n) is 5.72. The summed E-state index contributed by atoms with van der Waals surface area (Å²) in [5.74, 6) is 0.543. The monoisotopic (exact) mass is 383 g/mol. The van der Waals surface area contributed by atoms with Crippen LogP contribution in [0.25, 0.3) is 0 Å². The molecule has 3 rings (SSSR count). The minimum absolute atomic E-state index is 0.132. The Balaban J connectivity index is 1.79. The fourth-order valence-corrected chi connectivity index (χ4v) is 2.83. The fourth-order valence-electron chi connectivity index (χ4n) is 2.42. The van der Waals surface area contributed by atoms with Gasteiger partial charge in [0, 0.05) is 16.1 Å². The van der Waals surface area contributed by atoms with Crippen molar-refractivity contribution in [3.8, 4) is 0 Å². The van der Waals surface area contributed by atoms with Crippen molar-refractivity contribution in [2.75, 3.05) is 5.32 Å². The number of carbonyl (C=O) groups excluding carboxylic acids is 1. The van der Waals surface area contributed by atoms with E-state index in [4.69, 9.17) is 0 Å². The first-order valence-electron chi connectivity index (χ1n) is 7.68. The summed E-state index contributed by atoms with van der Waals surface area (Å²) in [5.41, 5.74) is 4.02. The predicted octanol–water partition coefficient (Wildman–Crippen LogP) is 4.56. The molecule has 3 aromatic rings. The van der Waals surface area contributed by atoms with Gasteiger partial charge in [0.05, 0.1) is 12.7 Å². The van der Waals surface area contributed by atoms with Crippen molar-refractivity contribution in [3.63, 3.8) is 0 Å². The van der Waals surface area contributed by atoms with Crippen molar-refractivity contribution < 1.29 is 4.79 Å². The highest BCUT2D eigenvalue weighted by atomic mass is 79.9. The summed E-state index contributed by atoms with van der Waals surface area (Å²) in [6, 6.07) is 15.5. The molecule has 0 unspecified atom stereocenters. The minimum Gasteiger partial charge on any atom is -0.307 e. The number of nitrogens with zero attached hydrogens (tertiary/aromatic N) is 2. The molecule has 4 nitrogen and oxygen atoms in total. The zero-order valence-corrected chi connectivity index (χ0v) is 15.2. The number of aryl methyl sites for hydroxylation is 2. The fraction of sp³-hybridized carbons (Fsp3) is 0.158. The smallest absolute Gasteiger partial charge is 0.256 e. The van der Waals surface area contributed by atoms with Gasteiger partial charge >= 0.3 is 0 Å². The van der Waals surface area contributed by atoms with Gasteiger partial charge in [-0.2, -0.15) is 5.10 Å². The number of benzene rings is 2. The zero-order chi connectivity index (χ0) is 17.1. The van der Waals surface area contributed by atoms with E-state index in [9.17, 15) is 4.79 Å². The summed E-state index contributed by atoms with van der Waals surface area (Å²) in [4.78, 5) is 12.5. The van der Waals surface area contributed by atoms with Crippen LogP contribution in [0.15, 0.2) is 59.2 Å². The van der Waals surface area contributed by atoms with Crippen LogP contribution in [0.5, 0.6) is 0 Å². The van der Waals surface area contributed by atoms with Crippen molar-refractivity contribution in [2.45, 2.75) is 20.4 Å². The highest BCUT2D eigenvalue weighted by molar-refractivity contribution is 9.10. The molecule has 24 heavy (non-hydrogen) atoms. The number of hydrogen-bond acceptors (Lipinski definition) is 2. The Kier molecular flexibility index (Phi) is 4.81. The lowest BCUT2D eigenvalue weighted by Gasteiger charge is -2.11. The highest BCUT2D eigenvalue weighted by Crippen LogP contribution is 2.19. The van der Waals surface area contributed by atoms with Crippen LogP contribution in [0.2, 0.25) is 0 Å². The van der Waals surface area contributed by atoms with Crippen LogP contribution in [0.3, 0.4) is 0 Å². The van der Waals surface area contributed by atoms with Crippen molar-refractivity contribution in [1.82, 2.24) is 9.78 Å². The average Bonchev–Trinajstić information content (AvgIpc) is 2.99. The summed E-state index contributed by atoms with van der Waals surface area (Å²) in [5, 5.41) is 7.25. The number of carbonyl (C=O) groups is 1. The van der Waals surface area contributed by atoms with Crippen LogP contribution in [0.4, 0.5) is 5.82 Å². The van der Waals surface area contributed by atoms with Gasteiger partial charge in [0.15, 0.2) is 0 Å². The van der Waals surface area contributed by atoms with Crippen LogP contribution in [0.1, 0.15) is 27.0 Å². The molecule has 0 aliphatic heterocycles. The van der Waals surface area contributed by atoms with Gasteiger partial charge in [-0.05, 0) is 48.7 Å². The molecule has 0 atom stereocenters. The quantitative estimate of drug-likeness (QED) is 0.717. The molecular formula is C19H18BrN3O. The summed E-state index contributed by atoms with van der Waals surface area (Å²) in [7, 11) is 0. The van der Waals surface area contributed by atoms with E-state index in [0.29, 0.717) is 17.9 Å². The second-order valence-corrected chi connectivity index (χ2v) is 6.57. The topological polar surface area (TPSA) is 46.9 Å². The molecule has 0 radical (unpaired) electrons. The van der Waals surface area contributed by atoms with Crippen LogP contribution in [0, 0.1) is 13.8 Å². The number of rotatable bonds is 4. The van der Waals surface area contributed by atoms with Gasteiger partial charge in [0.25, 0.3) is 5.91 Å². The Morgan fingerprint density at radius 2 is 1.92 bits per heavy atom. The molecule has 1 heterocycles. The van der Waals surface area contributed by atoms with Gasteiger partial charge in [-0.25, -0.2) is 4.68 Å². The number of anilines is 1. The molecule has 0 aliphatic carbocycles. The van der Waals surface area contributed by atoms with Gasteiger partial charge in [-0.15, -0.1) is 0 Å². The van der Waals surface area contributed by atoms with Crippen molar-refractivity contribution in [3.05, 3.63) is 81.5 Å². The average molecular weight is 384 g/mol. The SMILES string of the molecule is Cc1ccc(C(=O)Nc2ccnn2Cc2ccccc2Br)cc1C. The number of amides is 1. The molecule has 122 valence electrons. The highest BCUT2D eigenvalue weighted by Gasteiger charge is 2.11. The third-order valence-corrected chi connectivity index (χ3v) is 4.78. The van der Waals surface area contributed by atoms with Crippen molar-refractivity contribution >= 4 is 27.7 Å². The molecule has 1 N–H and O–H groups in total. The first-order valence-corrected chi connectivity index (χ1v) is 8.48. The number of aromatic nitrogens is 2. The van der Waals surface area contributed by atoms with Crippen LogP contribution < -0.4 is 5.32 Å². The third-order valence-electron chi connectivity index (χ3n) is 4.01. The van der Waals surface area contributed by atoms with E-state index in [1.54, 1.807) is 16.9 Å². The summed E-state index contributed by atoms with van der Waals surface area (Å²) < 4.78 is 2.80. The number of hydrogen-bond donors (Lipinski definition) is 1. The first-order chi connectivity index (χ1) is 11.5. The maximum Gasteiger partial charge on any atom is 0.256 e. The molecule has 0 aliphatic rings. The third kappa shape index (κ3) is 3.57. The van der Waals surface area contributed by atoms with E-state index in [-0.39, 0.29) is 5.91 Å². The summed E-state index contributed by atoms with van der Waals surface area (Å²) in [6.45, 7) is 4.62. The Hall–Kier alpha value is -2.40. The zero-order valence-electron chi connectivity index (χ0n) is 13.6. The predicted molar refractivity (Wildman–Crippen MR) is 99.3 cm³/mol. The molecule has 0 spiro atoms. The van der Waals surface area contributed by atoms with Crippen molar-refractivity contribution in [1.29, 1.82) is 0 Å². The standard InChI is InChI=1S/C19H18BrN3O/c1-13-7-8-15(11-14(13)2)19(24)22-18-9-10-21-23(18)12-16-5-3-4-6-17(16)20/h3-11H,12H2,1-2H3,(H,22,24). The number of halogens is 1. The lowest BCUT2D eigenvalue weighted by atomic mass is 10.1. The maximum absolute atomic E-state index is 12.5. The van der Waals surface area contributed by atoms with Gasteiger partial charge in [-0.1, -0.05) is 40.2 Å². The van der Waals surface area contributed by atoms with E-state index in [1.807, 2.05) is 56.3 Å². The van der Waals surface area contributed by atoms with E-state index in [0.717, 1.165) is 15.6 Å². The Morgan fingerprint density at radius 1 is 1.12 bits per heavy atom. The molecule has 0 saturated heterocycles. The van der Waals surface area contributed by atoms with E-state index in [2.05, 4.69) is 26.3 Å². The van der Waals surface area contributed by atoms with Gasteiger partial charge in [-0.3, -0.25) is 4.79 Å². The molecule has 1 amide bonds. The minimum atomic E-state index is -0.132. The van der Waals surface area contributed by atoms with E-state index >= 15 is 0 Å². The molecule has 0 bridgehead atoms. The largest absolute Gasteiger partial charge is 0.307 e. The molecule has 0 fully saturated rings. The molecule has 1 aromatic heterocycles. The van der Waals surface area contributed by atoms with Crippen LogP contribution >= 0.6 is 15.9 Å². The first kappa shape index (κ1) is 16.5. The molecule has 2 aromatic carbocycles. The molecule has 5 heteroatoms. The van der Waals surface area contributed by atoms with Crippen molar-refractivity contribution in [2.24, 2.45) is 0 Å². The Morgan fingerprint density at radius 3 is 2.67 bits per heavy atom.